The Balaban J connectivity index is 1.40. The van der Waals surface area contributed by atoms with Crippen molar-refractivity contribution in [2.75, 3.05) is 26.7 Å². The average molecular weight is 395 g/mol. The number of hydrogen-bond donors (Lipinski definition) is 0. The van der Waals surface area contributed by atoms with Gasteiger partial charge in [-0.25, -0.2) is 4.79 Å². The van der Waals surface area contributed by atoms with Crippen LogP contribution >= 0.6 is 0 Å². The minimum absolute atomic E-state index is 0.0937. The molecule has 4 atom stereocenters. The van der Waals surface area contributed by atoms with Gasteiger partial charge >= 0.3 is 5.97 Å². The fourth-order valence-electron chi connectivity index (χ4n) is 6.23. The molecular formula is C24H30N2O3. The quantitative estimate of drug-likeness (QED) is 0.569. The second-order valence-corrected chi connectivity index (χ2v) is 9.08. The fourth-order valence-corrected chi connectivity index (χ4v) is 6.23. The van der Waals surface area contributed by atoms with Crippen molar-refractivity contribution < 1.29 is 14.3 Å². The molecule has 2 bridgehead atoms. The van der Waals surface area contributed by atoms with Gasteiger partial charge in [0.15, 0.2) is 0 Å². The first kappa shape index (κ1) is 18.9. The van der Waals surface area contributed by atoms with Crippen molar-refractivity contribution in [2.24, 2.45) is 11.8 Å². The van der Waals surface area contributed by atoms with Gasteiger partial charge in [0, 0.05) is 24.7 Å². The minimum atomic E-state index is -0.371. The van der Waals surface area contributed by atoms with Gasteiger partial charge in [-0.1, -0.05) is 18.1 Å². The van der Waals surface area contributed by atoms with E-state index in [1.165, 1.54) is 44.9 Å². The summed E-state index contributed by atoms with van der Waals surface area (Å²) < 4.78 is 4.77. The summed E-state index contributed by atoms with van der Waals surface area (Å²) in [5.74, 6) is 0.947. The summed E-state index contributed by atoms with van der Waals surface area (Å²) in [5.41, 5.74) is 2.64. The zero-order valence-corrected chi connectivity index (χ0v) is 17.2. The Kier molecular flexibility index (Phi) is 4.94. The SMILES string of the molecule is COC(=O)c1ccc(C(=O)N2CCCC3=C[C@H]4C[C@H](CN5CCCC[C@H]45)[C@@H]32)cc1. The highest BCUT2D eigenvalue weighted by Gasteiger charge is 2.46. The summed E-state index contributed by atoms with van der Waals surface area (Å²) in [6, 6.07) is 7.88. The number of fused-ring (bicyclic) bond motifs is 6. The van der Waals surface area contributed by atoms with Crippen LogP contribution in [0.1, 0.15) is 59.2 Å². The van der Waals surface area contributed by atoms with E-state index < -0.39 is 0 Å². The normalized spacial score (nSPS) is 31.3. The lowest BCUT2D eigenvalue weighted by molar-refractivity contribution is 0.00147. The number of carbonyl (C=O) groups excluding carboxylic acids is 2. The van der Waals surface area contributed by atoms with Crippen molar-refractivity contribution in [2.45, 2.75) is 50.6 Å². The molecule has 5 rings (SSSR count). The summed E-state index contributed by atoms with van der Waals surface area (Å²) >= 11 is 0. The third-order valence-corrected chi connectivity index (χ3v) is 7.47. The van der Waals surface area contributed by atoms with Gasteiger partial charge in [-0.05, 0) is 74.8 Å². The number of methoxy groups -OCH3 is 1. The van der Waals surface area contributed by atoms with Gasteiger partial charge < -0.3 is 9.64 Å². The first-order chi connectivity index (χ1) is 14.2. The molecule has 0 unspecified atom stereocenters. The molecule has 154 valence electrons. The van der Waals surface area contributed by atoms with Crippen LogP contribution in [-0.2, 0) is 4.74 Å². The van der Waals surface area contributed by atoms with Crippen LogP contribution in [0.15, 0.2) is 35.9 Å². The molecule has 0 N–H and O–H groups in total. The van der Waals surface area contributed by atoms with Gasteiger partial charge in [0.05, 0.1) is 18.7 Å². The number of piperidine rings is 3. The first-order valence-electron chi connectivity index (χ1n) is 11.1. The van der Waals surface area contributed by atoms with Crippen LogP contribution in [0.2, 0.25) is 0 Å². The maximum Gasteiger partial charge on any atom is 0.337 e. The van der Waals surface area contributed by atoms with E-state index in [-0.39, 0.29) is 17.9 Å². The van der Waals surface area contributed by atoms with Crippen LogP contribution in [0.4, 0.5) is 0 Å². The van der Waals surface area contributed by atoms with Crippen molar-refractivity contribution in [3.8, 4) is 0 Å². The van der Waals surface area contributed by atoms with E-state index in [9.17, 15) is 9.59 Å². The molecule has 0 saturated carbocycles. The Bertz CT molecular complexity index is 831. The Morgan fingerprint density at radius 3 is 2.62 bits per heavy atom. The molecule has 1 aromatic carbocycles. The first-order valence-corrected chi connectivity index (χ1v) is 11.1. The number of rotatable bonds is 2. The lowest BCUT2D eigenvalue weighted by Gasteiger charge is -2.54. The van der Waals surface area contributed by atoms with Crippen molar-refractivity contribution in [1.29, 1.82) is 0 Å². The molecule has 5 nitrogen and oxygen atoms in total. The van der Waals surface area contributed by atoms with E-state index in [1.807, 2.05) is 0 Å². The summed E-state index contributed by atoms with van der Waals surface area (Å²) in [6.07, 6.45) is 9.95. The maximum atomic E-state index is 13.4. The van der Waals surface area contributed by atoms with Crippen molar-refractivity contribution >= 4 is 11.9 Å². The zero-order chi connectivity index (χ0) is 20.0. The van der Waals surface area contributed by atoms with Crippen LogP contribution < -0.4 is 0 Å². The van der Waals surface area contributed by atoms with E-state index in [2.05, 4.69) is 15.9 Å². The van der Waals surface area contributed by atoms with E-state index >= 15 is 0 Å². The van der Waals surface area contributed by atoms with Crippen molar-refractivity contribution in [3.63, 3.8) is 0 Å². The van der Waals surface area contributed by atoms with Gasteiger partial charge in [0.2, 0.25) is 0 Å². The lowest BCUT2D eigenvalue weighted by atomic mass is 9.68. The summed E-state index contributed by atoms with van der Waals surface area (Å²) in [4.78, 5) is 29.9. The molecule has 29 heavy (non-hydrogen) atoms. The number of amides is 1. The number of likely N-dealkylation sites (tertiary alicyclic amines) is 1. The van der Waals surface area contributed by atoms with Crippen molar-refractivity contribution in [1.82, 2.24) is 9.80 Å². The minimum Gasteiger partial charge on any atom is -0.465 e. The lowest BCUT2D eigenvalue weighted by Crippen LogP contribution is -2.60. The van der Waals surface area contributed by atoms with Crippen LogP contribution in [0, 0.1) is 11.8 Å². The monoisotopic (exact) mass is 394 g/mol. The number of ether oxygens (including phenoxy) is 1. The van der Waals surface area contributed by atoms with E-state index in [1.54, 1.807) is 24.3 Å². The number of carbonyl (C=O) groups is 2. The molecule has 1 aliphatic carbocycles. The fraction of sp³-hybridized carbons (Fsp3) is 0.583. The third-order valence-electron chi connectivity index (χ3n) is 7.47. The summed E-state index contributed by atoms with van der Waals surface area (Å²) in [5, 5.41) is 0. The molecule has 3 aliphatic heterocycles. The second-order valence-electron chi connectivity index (χ2n) is 9.08. The third kappa shape index (κ3) is 3.29. The second kappa shape index (κ2) is 7.60. The largest absolute Gasteiger partial charge is 0.465 e. The van der Waals surface area contributed by atoms with Gasteiger partial charge in [0.25, 0.3) is 5.91 Å². The van der Waals surface area contributed by atoms with Crippen LogP contribution in [0.25, 0.3) is 0 Å². The molecule has 0 aromatic heterocycles. The van der Waals surface area contributed by atoms with E-state index in [4.69, 9.17) is 4.74 Å². The van der Waals surface area contributed by atoms with E-state index in [0.29, 0.717) is 23.0 Å². The number of hydrogen-bond acceptors (Lipinski definition) is 4. The molecule has 1 aromatic rings. The maximum absolute atomic E-state index is 13.4. The summed E-state index contributed by atoms with van der Waals surface area (Å²) in [7, 11) is 1.37. The zero-order valence-electron chi connectivity index (χ0n) is 17.2. The molecule has 1 amide bonds. The van der Waals surface area contributed by atoms with Gasteiger partial charge in [-0.3, -0.25) is 9.69 Å². The standard InChI is InChI=1S/C24H30N2O3/c1-29-24(28)17-9-7-16(8-10-17)23(27)26-12-4-5-18-13-19-14-20(22(18)26)15-25-11-3-2-6-21(19)25/h7-10,13,19-22H,2-6,11-12,14-15H2,1H3/t19-,20+,21+,22+/m0/s1. The van der Waals surface area contributed by atoms with Crippen LogP contribution in [-0.4, -0.2) is 60.5 Å². The topological polar surface area (TPSA) is 49.9 Å². The highest BCUT2D eigenvalue weighted by molar-refractivity contribution is 5.96. The van der Waals surface area contributed by atoms with Crippen LogP contribution in [0.3, 0.4) is 0 Å². The van der Waals surface area contributed by atoms with Gasteiger partial charge in [0.1, 0.15) is 0 Å². The Morgan fingerprint density at radius 1 is 1.03 bits per heavy atom. The highest BCUT2D eigenvalue weighted by Crippen LogP contribution is 2.45. The number of esters is 1. The predicted octanol–water partition coefficient (Wildman–Crippen LogP) is 3.51. The Morgan fingerprint density at radius 2 is 1.83 bits per heavy atom. The number of nitrogens with zero attached hydrogens (tertiary/aromatic N) is 2. The highest BCUT2D eigenvalue weighted by atomic mass is 16.5. The molecule has 3 fully saturated rings. The van der Waals surface area contributed by atoms with E-state index in [0.717, 1.165) is 32.0 Å². The van der Waals surface area contributed by atoms with Crippen molar-refractivity contribution in [3.05, 3.63) is 47.0 Å². The molecule has 3 saturated heterocycles. The molecule has 0 spiro atoms. The predicted molar refractivity (Wildman–Crippen MR) is 111 cm³/mol. The Hall–Kier alpha value is -2.14. The molecule has 5 heteroatoms. The average Bonchev–Trinajstić information content (AvgIpc) is 2.78. The smallest absolute Gasteiger partial charge is 0.337 e. The molecular weight excluding hydrogens is 364 g/mol. The van der Waals surface area contributed by atoms with Crippen LogP contribution in [0.5, 0.6) is 0 Å². The van der Waals surface area contributed by atoms with Gasteiger partial charge in [-0.2, -0.15) is 0 Å². The Labute approximate surface area is 172 Å². The van der Waals surface area contributed by atoms with Gasteiger partial charge in [-0.15, -0.1) is 0 Å². The molecule has 3 heterocycles. The molecule has 4 aliphatic rings. The number of benzene rings is 1. The summed E-state index contributed by atoms with van der Waals surface area (Å²) in [6.45, 7) is 3.18. The molecule has 0 radical (unpaired) electrons.